The second-order valence-corrected chi connectivity index (χ2v) is 11.8. The van der Waals surface area contributed by atoms with Gasteiger partial charge in [-0.15, -0.1) is 0 Å². The van der Waals surface area contributed by atoms with Crippen LogP contribution in [0, 0.1) is 52.7 Å². The van der Waals surface area contributed by atoms with Crippen molar-refractivity contribution in [1.29, 1.82) is 5.26 Å². The highest BCUT2D eigenvalue weighted by Crippen LogP contribution is 2.49. The van der Waals surface area contributed by atoms with E-state index >= 15 is 0 Å². The molecule has 4 rings (SSSR count). The van der Waals surface area contributed by atoms with Crippen molar-refractivity contribution in [2.24, 2.45) is 35.5 Å². The van der Waals surface area contributed by atoms with Gasteiger partial charge in [-0.3, -0.25) is 4.79 Å². The zero-order valence-corrected chi connectivity index (χ0v) is 21.7. The van der Waals surface area contributed by atoms with E-state index in [9.17, 15) is 9.18 Å². The van der Waals surface area contributed by atoms with Crippen LogP contribution in [0.4, 0.5) is 4.39 Å². The van der Waals surface area contributed by atoms with Gasteiger partial charge in [0, 0.05) is 6.07 Å². The number of halogens is 1. The molecule has 0 N–H and O–H groups in total. The van der Waals surface area contributed by atoms with E-state index in [4.69, 9.17) is 10.00 Å². The molecule has 4 unspecified atom stereocenters. The van der Waals surface area contributed by atoms with Crippen molar-refractivity contribution in [3.8, 4) is 11.8 Å². The minimum Gasteiger partial charge on any atom is -0.426 e. The number of rotatable bonds is 9. The van der Waals surface area contributed by atoms with E-state index < -0.39 is 5.82 Å². The third kappa shape index (κ3) is 7.08. The number of nitrogens with zero attached hydrogens (tertiary/aromatic N) is 1. The number of hydrogen-bond donors (Lipinski definition) is 0. The van der Waals surface area contributed by atoms with E-state index in [1.54, 1.807) is 6.07 Å². The lowest BCUT2D eigenvalue weighted by Crippen LogP contribution is -2.35. The Morgan fingerprint density at radius 3 is 2.29 bits per heavy atom. The van der Waals surface area contributed by atoms with Gasteiger partial charge < -0.3 is 4.74 Å². The van der Waals surface area contributed by atoms with Crippen LogP contribution < -0.4 is 4.74 Å². The van der Waals surface area contributed by atoms with Crippen LogP contribution in [0.25, 0.3) is 0 Å². The molecule has 3 aliphatic carbocycles. The van der Waals surface area contributed by atoms with Gasteiger partial charge in [0.25, 0.3) is 0 Å². The molecule has 4 atom stereocenters. The minimum atomic E-state index is -0.641. The van der Waals surface area contributed by atoms with E-state index in [0.29, 0.717) is 0 Å². The quantitative estimate of drug-likeness (QED) is 0.201. The number of carbonyl (C=O) groups is 1. The Morgan fingerprint density at radius 1 is 0.914 bits per heavy atom. The summed E-state index contributed by atoms with van der Waals surface area (Å²) in [5.41, 5.74) is -0.0316. The molecule has 3 nitrogen and oxygen atoms in total. The van der Waals surface area contributed by atoms with Crippen molar-refractivity contribution in [2.75, 3.05) is 0 Å². The smallest absolute Gasteiger partial charge is 0.314 e. The van der Waals surface area contributed by atoms with Crippen LogP contribution >= 0.6 is 0 Å². The van der Waals surface area contributed by atoms with Crippen molar-refractivity contribution in [1.82, 2.24) is 0 Å². The molecule has 3 aliphatic rings. The number of hydrogen-bond acceptors (Lipinski definition) is 3. The van der Waals surface area contributed by atoms with E-state index in [-0.39, 0.29) is 23.2 Å². The minimum absolute atomic E-state index is 0.0316. The second kappa shape index (κ2) is 12.9. The van der Waals surface area contributed by atoms with Crippen molar-refractivity contribution in [3.63, 3.8) is 0 Å². The zero-order valence-electron chi connectivity index (χ0n) is 21.7. The van der Waals surface area contributed by atoms with Gasteiger partial charge in [0.2, 0.25) is 0 Å². The monoisotopic (exact) mass is 481 g/mol. The number of nitriles is 1. The van der Waals surface area contributed by atoms with Crippen molar-refractivity contribution in [2.45, 2.75) is 110 Å². The molecule has 0 aromatic heterocycles. The molecule has 0 radical (unpaired) electrons. The topological polar surface area (TPSA) is 50.1 Å². The van der Waals surface area contributed by atoms with Crippen molar-refractivity contribution in [3.05, 3.63) is 29.6 Å². The second-order valence-electron chi connectivity index (χ2n) is 11.8. The standard InChI is InChI=1S/C31H44FNO2/c1-2-3-4-5-6-7-22-8-9-27-19-26(15-14-25(27)18-22)23-10-12-24(13-11-23)31(34)35-29-17-16-28(21-33)30(32)20-29/h16-17,20,22-27H,2-15,18-19H2,1H3. The van der Waals surface area contributed by atoms with Crippen molar-refractivity contribution >= 4 is 5.97 Å². The summed E-state index contributed by atoms with van der Waals surface area (Å²) in [5.74, 6) is 3.72. The lowest BCUT2D eigenvalue weighted by Gasteiger charge is -2.45. The Morgan fingerprint density at radius 2 is 1.57 bits per heavy atom. The highest BCUT2D eigenvalue weighted by molar-refractivity contribution is 5.75. The van der Waals surface area contributed by atoms with Gasteiger partial charge in [-0.25, -0.2) is 4.39 Å². The van der Waals surface area contributed by atoms with Gasteiger partial charge in [0.1, 0.15) is 17.6 Å². The van der Waals surface area contributed by atoms with E-state index in [1.807, 2.05) is 0 Å². The summed E-state index contributed by atoms with van der Waals surface area (Å²) in [6.45, 7) is 2.29. The highest BCUT2D eigenvalue weighted by atomic mass is 19.1. The fraction of sp³-hybridized carbons (Fsp3) is 0.742. The number of carbonyl (C=O) groups excluding carboxylic acids is 1. The van der Waals surface area contributed by atoms with E-state index in [0.717, 1.165) is 61.3 Å². The first-order chi connectivity index (χ1) is 17.1. The molecule has 192 valence electrons. The molecule has 0 heterocycles. The third-order valence-electron chi connectivity index (χ3n) is 9.53. The fourth-order valence-electron chi connectivity index (χ4n) is 7.43. The highest BCUT2D eigenvalue weighted by Gasteiger charge is 2.39. The lowest BCUT2D eigenvalue weighted by atomic mass is 9.60. The summed E-state index contributed by atoms with van der Waals surface area (Å²) in [6, 6.07) is 5.81. The predicted molar refractivity (Wildman–Crippen MR) is 137 cm³/mol. The van der Waals surface area contributed by atoms with Gasteiger partial charge >= 0.3 is 5.97 Å². The van der Waals surface area contributed by atoms with Crippen molar-refractivity contribution < 1.29 is 13.9 Å². The Kier molecular flexibility index (Phi) is 9.64. The Balaban J connectivity index is 1.17. The molecule has 1 aromatic carbocycles. The molecule has 0 aliphatic heterocycles. The Bertz CT molecular complexity index is 869. The molecule has 0 amide bonds. The largest absolute Gasteiger partial charge is 0.426 e. The molecule has 0 saturated heterocycles. The molecule has 3 saturated carbocycles. The zero-order chi connectivity index (χ0) is 24.6. The van der Waals surface area contributed by atoms with Gasteiger partial charge in [-0.05, 0) is 99.5 Å². The predicted octanol–water partition coefficient (Wildman–Crippen LogP) is 8.60. The van der Waals surface area contributed by atoms with Crippen LogP contribution in [0.5, 0.6) is 5.75 Å². The molecule has 35 heavy (non-hydrogen) atoms. The molecule has 0 bridgehead atoms. The SMILES string of the molecule is CCCCCCCC1CCC2CC(C3CCC(C(=O)Oc4ccc(C#N)c(F)c4)CC3)CCC2C1. The van der Waals surface area contributed by atoms with Crippen LogP contribution in [-0.2, 0) is 4.79 Å². The Labute approximate surface area is 211 Å². The molecule has 1 aromatic rings. The third-order valence-corrected chi connectivity index (χ3v) is 9.53. The average molecular weight is 482 g/mol. The first kappa shape index (κ1) is 26.2. The van der Waals surface area contributed by atoms with Crippen LogP contribution in [0.15, 0.2) is 18.2 Å². The lowest BCUT2D eigenvalue weighted by molar-refractivity contribution is -0.140. The van der Waals surface area contributed by atoms with Crippen LogP contribution in [0.1, 0.15) is 115 Å². The van der Waals surface area contributed by atoms with Gasteiger partial charge in [-0.1, -0.05) is 51.9 Å². The molecular weight excluding hydrogens is 437 g/mol. The number of unbranched alkanes of at least 4 members (excludes halogenated alkanes) is 4. The first-order valence-electron chi connectivity index (χ1n) is 14.5. The number of esters is 1. The molecule has 3 fully saturated rings. The molecular formula is C31H44FNO2. The van der Waals surface area contributed by atoms with Gasteiger partial charge in [0.15, 0.2) is 0 Å². The number of benzene rings is 1. The number of fused-ring (bicyclic) bond motifs is 1. The van der Waals surface area contributed by atoms with E-state index in [1.165, 1.54) is 89.2 Å². The molecule has 4 heteroatoms. The summed E-state index contributed by atoms with van der Waals surface area (Å²) in [7, 11) is 0. The van der Waals surface area contributed by atoms with E-state index in [2.05, 4.69) is 6.92 Å². The van der Waals surface area contributed by atoms with Gasteiger partial charge in [0.05, 0.1) is 11.5 Å². The fourth-order valence-corrected chi connectivity index (χ4v) is 7.43. The summed E-state index contributed by atoms with van der Waals surface area (Å²) in [5, 5.41) is 8.86. The van der Waals surface area contributed by atoms with Crippen LogP contribution in [0.2, 0.25) is 0 Å². The normalized spacial score (nSPS) is 30.8. The number of ether oxygens (including phenoxy) is 1. The van der Waals surface area contributed by atoms with Crippen LogP contribution in [-0.4, -0.2) is 5.97 Å². The molecule has 0 spiro atoms. The summed E-state index contributed by atoms with van der Waals surface area (Å²) in [4.78, 5) is 12.7. The average Bonchev–Trinajstić information content (AvgIpc) is 2.88. The summed E-state index contributed by atoms with van der Waals surface area (Å²) < 4.78 is 19.3. The Hall–Kier alpha value is -1.89. The van der Waals surface area contributed by atoms with Gasteiger partial charge in [-0.2, -0.15) is 5.26 Å². The maximum absolute atomic E-state index is 13.8. The first-order valence-corrected chi connectivity index (χ1v) is 14.5. The summed E-state index contributed by atoms with van der Waals surface area (Å²) >= 11 is 0. The van der Waals surface area contributed by atoms with Crippen LogP contribution in [0.3, 0.4) is 0 Å². The maximum Gasteiger partial charge on any atom is 0.314 e. The maximum atomic E-state index is 13.8. The summed E-state index contributed by atoms with van der Waals surface area (Å²) in [6.07, 6.45) is 21.1.